The number of hydrogen-bond acceptors (Lipinski definition) is 4. The molecular formula is C14H17N3O2S. The molecule has 1 amide bonds. The van der Waals surface area contributed by atoms with Crippen molar-refractivity contribution in [3.63, 3.8) is 0 Å². The van der Waals surface area contributed by atoms with Gasteiger partial charge in [-0.05, 0) is 25.0 Å². The Morgan fingerprint density at radius 1 is 1.40 bits per heavy atom. The fourth-order valence-corrected chi connectivity index (χ4v) is 3.32. The molecule has 1 saturated heterocycles. The molecule has 2 aromatic rings. The quantitative estimate of drug-likeness (QED) is 0.854. The van der Waals surface area contributed by atoms with E-state index in [-0.39, 0.29) is 11.8 Å². The topological polar surface area (TPSA) is 55.6 Å². The predicted molar refractivity (Wildman–Crippen MR) is 78.0 cm³/mol. The molecule has 2 heterocycles. The van der Waals surface area contributed by atoms with Crippen molar-refractivity contribution >= 4 is 27.5 Å². The zero-order valence-electron chi connectivity index (χ0n) is 11.3. The Hall–Kier alpha value is -1.66. The summed E-state index contributed by atoms with van der Waals surface area (Å²) in [5, 5.41) is 4.26. The van der Waals surface area contributed by atoms with Crippen molar-refractivity contribution in [1.29, 1.82) is 0 Å². The third-order valence-electron chi connectivity index (χ3n) is 3.57. The molecule has 1 aromatic heterocycles. The maximum Gasteiger partial charge on any atom is 0.243 e. The molecule has 1 aromatic carbocycles. The number of nitrogens with zero attached hydrogens (tertiary/aromatic N) is 2. The molecule has 1 aliphatic rings. The molecule has 0 saturated carbocycles. The zero-order valence-corrected chi connectivity index (χ0v) is 12.2. The first-order valence-corrected chi connectivity index (χ1v) is 7.53. The number of carbonyl (C=O) groups is 1. The fourth-order valence-electron chi connectivity index (χ4n) is 2.34. The normalized spacial score (nSPS) is 17.6. The lowest BCUT2D eigenvalue weighted by molar-refractivity contribution is -0.127. The summed E-state index contributed by atoms with van der Waals surface area (Å²) in [5.74, 6) is 0.0120. The highest BCUT2D eigenvalue weighted by atomic mass is 32.1. The first-order valence-electron chi connectivity index (χ1n) is 6.71. The summed E-state index contributed by atoms with van der Waals surface area (Å²) >= 11 is 1.57. The average Bonchev–Trinajstić information content (AvgIpc) is 2.83. The molecule has 0 radical (unpaired) electrons. The minimum atomic E-state index is -0.00856. The number of aromatic nitrogens is 1. The van der Waals surface area contributed by atoms with Gasteiger partial charge in [0.25, 0.3) is 0 Å². The number of ether oxygens (including phenoxy) is 1. The van der Waals surface area contributed by atoms with E-state index < -0.39 is 0 Å². The van der Waals surface area contributed by atoms with Crippen LogP contribution in [-0.4, -0.2) is 23.7 Å². The van der Waals surface area contributed by atoms with Crippen molar-refractivity contribution in [2.75, 3.05) is 13.2 Å². The molecule has 1 fully saturated rings. The van der Waals surface area contributed by atoms with Gasteiger partial charge >= 0.3 is 0 Å². The largest absolute Gasteiger partial charge is 0.381 e. The fraction of sp³-hybridized carbons (Fsp3) is 0.429. The summed E-state index contributed by atoms with van der Waals surface area (Å²) < 4.78 is 8.41. The van der Waals surface area contributed by atoms with Crippen LogP contribution < -0.4 is 10.2 Å². The van der Waals surface area contributed by atoms with E-state index in [2.05, 4.69) is 16.6 Å². The second-order valence-electron chi connectivity index (χ2n) is 4.89. The van der Waals surface area contributed by atoms with Gasteiger partial charge in [-0.15, -0.1) is 5.10 Å². The van der Waals surface area contributed by atoms with E-state index in [0.29, 0.717) is 13.2 Å². The Kier molecular flexibility index (Phi) is 3.84. The number of thiazole rings is 1. The van der Waals surface area contributed by atoms with Gasteiger partial charge in [-0.25, -0.2) is 5.43 Å². The van der Waals surface area contributed by atoms with E-state index in [1.807, 2.05) is 29.8 Å². The van der Waals surface area contributed by atoms with Gasteiger partial charge in [0.15, 0.2) is 0 Å². The molecule has 0 aliphatic carbocycles. The Labute approximate surface area is 120 Å². The molecular weight excluding hydrogens is 274 g/mol. The molecule has 1 aliphatic heterocycles. The summed E-state index contributed by atoms with van der Waals surface area (Å²) in [6.45, 7) is 1.32. The lowest BCUT2D eigenvalue weighted by Crippen LogP contribution is -2.33. The molecule has 0 spiro atoms. The summed E-state index contributed by atoms with van der Waals surface area (Å²) in [6.07, 6.45) is 1.56. The van der Waals surface area contributed by atoms with Gasteiger partial charge in [-0.3, -0.25) is 4.79 Å². The van der Waals surface area contributed by atoms with Gasteiger partial charge in [0.1, 0.15) is 0 Å². The van der Waals surface area contributed by atoms with Gasteiger partial charge in [0.2, 0.25) is 10.7 Å². The third-order valence-corrected chi connectivity index (χ3v) is 4.68. The molecule has 0 unspecified atom stereocenters. The first-order chi connectivity index (χ1) is 9.75. The summed E-state index contributed by atoms with van der Waals surface area (Å²) in [4.78, 5) is 12.8. The number of rotatable bonds is 2. The van der Waals surface area contributed by atoms with Crippen LogP contribution in [0.5, 0.6) is 0 Å². The second-order valence-corrected chi connectivity index (χ2v) is 5.89. The zero-order chi connectivity index (χ0) is 13.9. The second kappa shape index (κ2) is 5.76. The maximum absolute atomic E-state index is 12.0. The van der Waals surface area contributed by atoms with Crippen LogP contribution in [0.1, 0.15) is 12.8 Å². The van der Waals surface area contributed by atoms with Crippen molar-refractivity contribution in [3.05, 3.63) is 29.1 Å². The van der Waals surface area contributed by atoms with Crippen LogP contribution in [0.25, 0.3) is 10.2 Å². The Balaban J connectivity index is 1.80. The highest BCUT2D eigenvalue weighted by Gasteiger charge is 2.21. The summed E-state index contributed by atoms with van der Waals surface area (Å²) in [7, 11) is 1.96. The van der Waals surface area contributed by atoms with Crippen LogP contribution in [0.4, 0.5) is 0 Å². The average molecular weight is 291 g/mol. The molecule has 0 bridgehead atoms. The van der Waals surface area contributed by atoms with Crippen molar-refractivity contribution in [3.8, 4) is 0 Å². The van der Waals surface area contributed by atoms with E-state index in [4.69, 9.17) is 4.74 Å². The predicted octanol–water partition coefficient (Wildman–Crippen LogP) is 1.60. The van der Waals surface area contributed by atoms with E-state index in [9.17, 15) is 4.79 Å². The number of amides is 1. The van der Waals surface area contributed by atoms with Crippen molar-refractivity contribution in [2.45, 2.75) is 12.8 Å². The smallest absolute Gasteiger partial charge is 0.243 e. The monoisotopic (exact) mass is 291 g/mol. The van der Waals surface area contributed by atoms with Crippen molar-refractivity contribution < 1.29 is 9.53 Å². The number of hydrogen-bond donors (Lipinski definition) is 1. The Morgan fingerprint density at radius 3 is 2.90 bits per heavy atom. The van der Waals surface area contributed by atoms with E-state index in [1.54, 1.807) is 11.3 Å². The van der Waals surface area contributed by atoms with Gasteiger partial charge in [-0.2, -0.15) is 0 Å². The van der Waals surface area contributed by atoms with Crippen LogP contribution >= 0.6 is 11.3 Å². The molecule has 3 rings (SSSR count). The van der Waals surface area contributed by atoms with Gasteiger partial charge in [0, 0.05) is 26.2 Å². The Bertz CT molecular complexity index is 683. The van der Waals surface area contributed by atoms with Crippen LogP contribution in [0, 0.1) is 5.92 Å². The van der Waals surface area contributed by atoms with Gasteiger partial charge < -0.3 is 9.30 Å². The van der Waals surface area contributed by atoms with Crippen LogP contribution in [0.2, 0.25) is 0 Å². The molecule has 1 N–H and O–H groups in total. The Morgan fingerprint density at radius 2 is 2.15 bits per heavy atom. The van der Waals surface area contributed by atoms with E-state index in [0.717, 1.165) is 27.9 Å². The first kappa shape index (κ1) is 13.3. The lowest BCUT2D eigenvalue weighted by Gasteiger charge is -2.19. The summed E-state index contributed by atoms with van der Waals surface area (Å²) in [6, 6.07) is 8.10. The number of para-hydroxylation sites is 1. The third kappa shape index (κ3) is 2.62. The van der Waals surface area contributed by atoms with E-state index >= 15 is 0 Å². The summed E-state index contributed by atoms with van der Waals surface area (Å²) in [5.41, 5.74) is 3.81. The highest BCUT2D eigenvalue weighted by molar-refractivity contribution is 7.16. The van der Waals surface area contributed by atoms with Crippen LogP contribution in [0.15, 0.2) is 29.4 Å². The standard InChI is InChI=1S/C14H17N3O2S/c1-17-11-4-2-3-5-12(11)20-14(17)16-15-13(18)10-6-8-19-9-7-10/h2-5,10H,6-9H2,1H3,(H,15,18). The van der Waals surface area contributed by atoms with Crippen molar-refractivity contribution in [2.24, 2.45) is 18.1 Å². The van der Waals surface area contributed by atoms with Crippen LogP contribution in [-0.2, 0) is 16.6 Å². The number of aryl methyl sites for hydroxylation is 1. The number of nitrogens with one attached hydrogen (secondary N) is 1. The lowest BCUT2D eigenvalue weighted by atomic mass is 10.00. The molecule has 5 nitrogen and oxygen atoms in total. The SMILES string of the molecule is Cn1c(=NNC(=O)C2CCOCC2)sc2ccccc21. The van der Waals surface area contributed by atoms with Crippen molar-refractivity contribution in [1.82, 2.24) is 9.99 Å². The maximum atomic E-state index is 12.0. The number of benzene rings is 1. The number of carbonyl (C=O) groups excluding carboxylic acids is 1. The molecule has 6 heteroatoms. The molecule has 106 valence electrons. The van der Waals surface area contributed by atoms with E-state index in [1.165, 1.54) is 0 Å². The van der Waals surface area contributed by atoms with Crippen LogP contribution in [0.3, 0.4) is 0 Å². The minimum Gasteiger partial charge on any atom is -0.381 e. The number of fused-ring (bicyclic) bond motifs is 1. The molecule has 0 atom stereocenters. The highest BCUT2D eigenvalue weighted by Crippen LogP contribution is 2.16. The minimum absolute atomic E-state index is 0.00856. The molecule has 20 heavy (non-hydrogen) atoms. The van der Waals surface area contributed by atoms with Gasteiger partial charge in [0.05, 0.1) is 10.2 Å². The van der Waals surface area contributed by atoms with Gasteiger partial charge in [-0.1, -0.05) is 23.5 Å².